The molecule has 1 rings (SSSR count). The van der Waals surface area contributed by atoms with Crippen LogP contribution in [0, 0.1) is 5.92 Å². The van der Waals surface area contributed by atoms with E-state index >= 15 is 0 Å². The lowest BCUT2D eigenvalue weighted by Crippen LogP contribution is -2.60. The lowest BCUT2D eigenvalue weighted by molar-refractivity contribution is 0.00948. The van der Waals surface area contributed by atoms with Gasteiger partial charge in [0.25, 0.3) is 0 Å². The van der Waals surface area contributed by atoms with Gasteiger partial charge in [-0.15, -0.1) is 0 Å². The number of nitrogens with zero attached hydrogens (tertiary/aromatic N) is 2. The monoisotopic (exact) mass is 213 g/mol. The second-order valence-corrected chi connectivity index (χ2v) is 5.66. The van der Waals surface area contributed by atoms with Gasteiger partial charge >= 0.3 is 0 Å². The van der Waals surface area contributed by atoms with Gasteiger partial charge in [-0.25, -0.2) is 0 Å². The summed E-state index contributed by atoms with van der Waals surface area (Å²) < 4.78 is 0. The molecule has 0 bridgehead atoms. The number of likely N-dealkylation sites (N-methyl/N-ethyl adjacent to an activating group) is 1. The Hall–Kier alpha value is -0.120. The molecule has 3 heteroatoms. The Morgan fingerprint density at radius 1 is 1.27 bits per heavy atom. The zero-order valence-corrected chi connectivity index (χ0v) is 11.0. The molecule has 0 aromatic heterocycles. The van der Waals surface area contributed by atoms with Gasteiger partial charge in [-0.3, -0.25) is 9.80 Å². The molecular weight excluding hydrogens is 186 g/mol. The molecule has 1 fully saturated rings. The van der Waals surface area contributed by atoms with Gasteiger partial charge in [-0.05, 0) is 40.3 Å². The van der Waals surface area contributed by atoms with Crippen LogP contribution in [0.25, 0.3) is 0 Å². The van der Waals surface area contributed by atoms with E-state index in [0.717, 1.165) is 19.6 Å². The minimum atomic E-state index is 0.292. The fourth-order valence-electron chi connectivity index (χ4n) is 2.18. The highest BCUT2D eigenvalue weighted by molar-refractivity contribution is 4.90. The van der Waals surface area contributed by atoms with Crippen molar-refractivity contribution in [1.82, 2.24) is 9.80 Å². The van der Waals surface area contributed by atoms with Gasteiger partial charge < -0.3 is 5.73 Å². The molecule has 15 heavy (non-hydrogen) atoms. The molecular formula is C12H27N3. The average molecular weight is 213 g/mol. The van der Waals surface area contributed by atoms with Crippen molar-refractivity contribution in [1.29, 1.82) is 0 Å². The Bertz CT molecular complexity index is 203. The quantitative estimate of drug-likeness (QED) is 0.759. The zero-order valence-electron chi connectivity index (χ0n) is 11.0. The number of rotatable bonds is 3. The first-order chi connectivity index (χ1) is 6.88. The predicted octanol–water partition coefficient (Wildman–Crippen LogP) is 0.996. The first kappa shape index (κ1) is 12.9. The second kappa shape index (κ2) is 4.81. The van der Waals surface area contributed by atoms with Gasteiger partial charge in [-0.1, -0.05) is 6.92 Å². The van der Waals surface area contributed by atoms with Crippen molar-refractivity contribution >= 4 is 0 Å². The van der Waals surface area contributed by atoms with Crippen LogP contribution < -0.4 is 5.73 Å². The standard InChI is InChI=1S/C12H27N3/c1-10(8-13)11(2)15-7-6-14(5)12(3,4)9-15/h10-11H,6-9,13H2,1-5H3. The fourth-order valence-corrected chi connectivity index (χ4v) is 2.18. The first-order valence-corrected chi connectivity index (χ1v) is 6.04. The molecule has 0 aromatic carbocycles. The van der Waals surface area contributed by atoms with Crippen LogP contribution in [-0.4, -0.2) is 54.6 Å². The summed E-state index contributed by atoms with van der Waals surface area (Å²) in [6.07, 6.45) is 0. The summed E-state index contributed by atoms with van der Waals surface area (Å²) in [6.45, 7) is 13.5. The molecule has 90 valence electrons. The van der Waals surface area contributed by atoms with E-state index in [1.165, 1.54) is 6.54 Å². The number of piperazine rings is 1. The molecule has 0 spiro atoms. The molecule has 0 saturated carbocycles. The molecule has 0 radical (unpaired) electrons. The van der Waals surface area contributed by atoms with Gasteiger partial charge in [0, 0.05) is 31.2 Å². The minimum absolute atomic E-state index is 0.292. The van der Waals surface area contributed by atoms with E-state index in [0.29, 0.717) is 17.5 Å². The van der Waals surface area contributed by atoms with Crippen molar-refractivity contribution < 1.29 is 0 Å². The first-order valence-electron chi connectivity index (χ1n) is 6.04. The number of hydrogen-bond acceptors (Lipinski definition) is 3. The normalized spacial score (nSPS) is 27.6. The van der Waals surface area contributed by atoms with Gasteiger partial charge in [0.2, 0.25) is 0 Å². The van der Waals surface area contributed by atoms with Crippen molar-refractivity contribution in [2.75, 3.05) is 33.2 Å². The summed E-state index contributed by atoms with van der Waals surface area (Å²) in [5.74, 6) is 0.587. The maximum Gasteiger partial charge on any atom is 0.0277 e. The predicted molar refractivity (Wildman–Crippen MR) is 66.0 cm³/mol. The Kier molecular flexibility index (Phi) is 4.15. The van der Waals surface area contributed by atoms with Crippen LogP contribution in [0.2, 0.25) is 0 Å². The van der Waals surface area contributed by atoms with Crippen LogP contribution in [0.4, 0.5) is 0 Å². The molecule has 0 aromatic rings. The Morgan fingerprint density at radius 2 is 1.87 bits per heavy atom. The summed E-state index contributed by atoms with van der Waals surface area (Å²) in [5.41, 5.74) is 6.03. The van der Waals surface area contributed by atoms with E-state index in [9.17, 15) is 0 Å². The minimum Gasteiger partial charge on any atom is -0.330 e. The topological polar surface area (TPSA) is 32.5 Å². The third kappa shape index (κ3) is 2.92. The molecule has 1 aliphatic rings. The molecule has 0 amide bonds. The molecule has 1 saturated heterocycles. The van der Waals surface area contributed by atoms with Crippen molar-refractivity contribution in [3.63, 3.8) is 0 Å². The Labute approximate surface area is 94.6 Å². The Balaban J connectivity index is 2.59. The summed E-state index contributed by atoms with van der Waals surface area (Å²) in [5, 5.41) is 0. The van der Waals surface area contributed by atoms with E-state index < -0.39 is 0 Å². The van der Waals surface area contributed by atoms with Crippen molar-refractivity contribution in [3.05, 3.63) is 0 Å². The highest BCUT2D eigenvalue weighted by Gasteiger charge is 2.33. The van der Waals surface area contributed by atoms with E-state index in [-0.39, 0.29) is 0 Å². The molecule has 2 N–H and O–H groups in total. The maximum absolute atomic E-state index is 5.74. The molecule has 1 heterocycles. The van der Waals surface area contributed by atoms with Gasteiger partial charge in [0.1, 0.15) is 0 Å². The van der Waals surface area contributed by atoms with Crippen LogP contribution >= 0.6 is 0 Å². The molecule has 3 nitrogen and oxygen atoms in total. The maximum atomic E-state index is 5.74. The molecule has 0 aliphatic carbocycles. The lowest BCUT2D eigenvalue weighted by Gasteiger charge is -2.48. The van der Waals surface area contributed by atoms with E-state index in [1.54, 1.807) is 0 Å². The number of nitrogens with two attached hydrogens (primary N) is 1. The average Bonchev–Trinajstić information content (AvgIpc) is 2.19. The van der Waals surface area contributed by atoms with E-state index in [2.05, 4.69) is 44.5 Å². The Morgan fingerprint density at radius 3 is 2.33 bits per heavy atom. The molecule has 2 atom stereocenters. The van der Waals surface area contributed by atoms with Crippen molar-refractivity contribution in [2.24, 2.45) is 11.7 Å². The van der Waals surface area contributed by atoms with E-state index in [1.807, 2.05) is 0 Å². The van der Waals surface area contributed by atoms with Crippen LogP contribution in [0.15, 0.2) is 0 Å². The summed E-state index contributed by atoms with van der Waals surface area (Å²) in [6, 6.07) is 0.600. The van der Waals surface area contributed by atoms with E-state index in [4.69, 9.17) is 5.73 Å². The van der Waals surface area contributed by atoms with Gasteiger partial charge in [-0.2, -0.15) is 0 Å². The number of hydrogen-bond donors (Lipinski definition) is 1. The fraction of sp³-hybridized carbons (Fsp3) is 1.00. The SMILES string of the molecule is CC(CN)C(C)N1CCN(C)C(C)(C)C1. The smallest absolute Gasteiger partial charge is 0.0277 e. The third-order valence-corrected chi connectivity index (χ3v) is 4.12. The zero-order chi connectivity index (χ0) is 11.6. The summed E-state index contributed by atoms with van der Waals surface area (Å²) >= 11 is 0. The lowest BCUT2D eigenvalue weighted by atomic mass is 9.95. The molecule has 1 aliphatic heterocycles. The van der Waals surface area contributed by atoms with Crippen molar-refractivity contribution in [3.8, 4) is 0 Å². The summed E-state index contributed by atoms with van der Waals surface area (Å²) in [7, 11) is 2.22. The highest BCUT2D eigenvalue weighted by atomic mass is 15.3. The highest BCUT2D eigenvalue weighted by Crippen LogP contribution is 2.22. The van der Waals surface area contributed by atoms with Crippen LogP contribution in [0.3, 0.4) is 0 Å². The van der Waals surface area contributed by atoms with Gasteiger partial charge in [0.15, 0.2) is 0 Å². The third-order valence-electron chi connectivity index (χ3n) is 4.12. The van der Waals surface area contributed by atoms with Gasteiger partial charge in [0.05, 0.1) is 0 Å². The van der Waals surface area contributed by atoms with Crippen LogP contribution in [0.1, 0.15) is 27.7 Å². The second-order valence-electron chi connectivity index (χ2n) is 5.66. The van der Waals surface area contributed by atoms with Crippen molar-refractivity contribution in [2.45, 2.75) is 39.3 Å². The van der Waals surface area contributed by atoms with Crippen LogP contribution in [-0.2, 0) is 0 Å². The van der Waals surface area contributed by atoms with Crippen LogP contribution in [0.5, 0.6) is 0 Å². The largest absolute Gasteiger partial charge is 0.330 e. The molecule has 2 unspecified atom stereocenters. The summed E-state index contributed by atoms with van der Waals surface area (Å²) in [4.78, 5) is 5.03.